The summed E-state index contributed by atoms with van der Waals surface area (Å²) in [7, 11) is 0. The third kappa shape index (κ3) is 4.01. The number of carbonyl (C=O) groups is 3. The zero-order valence-electron chi connectivity index (χ0n) is 17.3. The number of nitrogens with one attached hydrogen (secondary N) is 2. The summed E-state index contributed by atoms with van der Waals surface area (Å²) < 4.78 is 0. The minimum absolute atomic E-state index is 0.331. The molecule has 2 N–H and O–H groups in total. The number of amides is 4. The smallest absolute Gasteiger partial charge is 0.324 e. The molecule has 2 aromatic rings. The van der Waals surface area contributed by atoms with Gasteiger partial charge in [0.15, 0.2) is 0 Å². The zero-order chi connectivity index (χ0) is 21.2. The first-order chi connectivity index (χ1) is 13.8. The molecule has 1 aliphatic heterocycles. The first kappa shape index (κ1) is 20.6. The lowest BCUT2D eigenvalue weighted by Crippen LogP contribution is -2.42. The Morgan fingerprint density at radius 1 is 1.10 bits per heavy atom. The highest BCUT2D eigenvalue weighted by atomic mass is 16.2. The molecule has 6 nitrogen and oxygen atoms in total. The molecule has 0 bridgehead atoms. The number of rotatable bonds is 6. The van der Waals surface area contributed by atoms with Gasteiger partial charge in [-0.25, -0.2) is 4.79 Å². The van der Waals surface area contributed by atoms with E-state index in [2.05, 4.69) is 24.5 Å². The molecule has 0 unspecified atom stereocenters. The van der Waals surface area contributed by atoms with Gasteiger partial charge in [0.2, 0.25) is 5.91 Å². The molecule has 1 fully saturated rings. The molecule has 0 aliphatic carbocycles. The Bertz CT molecular complexity index is 937. The van der Waals surface area contributed by atoms with Crippen molar-refractivity contribution in [3.63, 3.8) is 0 Å². The largest absolute Gasteiger partial charge is 0.325 e. The van der Waals surface area contributed by atoms with Gasteiger partial charge in [-0.1, -0.05) is 63.2 Å². The summed E-state index contributed by atoms with van der Waals surface area (Å²) in [6.45, 7) is 7.52. The van der Waals surface area contributed by atoms with E-state index in [4.69, 9.17) is 0 Å². The maximum absolute atomic E-state index is 13.0. The highest BCUT2D eigenvalue weighted by Gasteiger charge is 2.49. The van der Waals surface area contributed by atoms with Crippen molar-refractivity contribution in [2.24, 2.45) is 0 Å². The van der Waals surface area contributed by atoms with E-state index in [0.717, 1.165) is 22.4 Å². The molecular weight excluding hydrogens is 366 g/mol. The van der Waals surface area contributed by atoms with Gasteiger partial charge < -0.3 is 10.6 Å². The van der Waals surface area contributed by atoms with Crippen molar-refractivity contribution in [3.05, 3.63) is 65.2 Å². The number of para-hydroxylation sites is 1. The lowest BCUT2D eigenvalue weighted by Gasteiger charge is -2.23. The Labute approximate surface area is 171 Å². The molecule has 0 saturated carbocycles. The van der Waals surface area contributed by atoms with Crippen LogP contribution in [0.15, 0.2) is 48.5 Å². The van der Waals surface area contributed by atoms with E-state index in [1.807, 2.05) is 55.5 Å². The maximum Gasteiger partial charge on any atom is 0.325 e. The average Bonchev–Trinajstić information content (AvgIpc) is 2.92. The van der Waals surface area contributed by atoms with Crippen molar-refractivity contribution in [1.82, 2.24) is 10.2 Å². The van der Waals surface area contributed by atoms with Gasteiger partial charge in [0.05, 0.1) is 0 Å². The molecule has 1 saturated heterocycles. The molecule has 6 heteroatoms. The number of benzene rings is 2. The number of carbonyl (C=O) groups excluding carboxylic acids is 3. The molecule has 0 aromatic heterocycles. The van der Waals surface area contributed by atoms with Gasteiger partial charge >= 0.3 is 6.03 Å². The zero-order valence-corrected chi connectivity index (χ0v) is 17.3. The van der Waals surface area contributed by atoms with Gasteiger partial charge in [0, 0.05) is 5.69 Å². The van der Waals surface area contributed by atoms with Gasteiger partial charge in [0.1, 0.15) is 12.1 Å². The number of imide groups is 1. The minimum Gasteiger partial charge on any atom is -0.324 e. The lowest BCUT2D eigenvalue weighted by atomic mass is 9.90. The number of urea groups is 1. The van der Waals surface area contributed by atoms with Gasteiger partial charge in [-0.15, -0.1) is 0 Å². The monoisotopic (exact) mass is 393 g/mol. The number of hydrogen-bond acceptors (Lipinski definition) is 3. The van der Waals surface area contributed by atoms with Gasteiger partial charge in [-0.05, 0) is 42.0 Å². The Morgan fingerprint density at radius 2 is 1.76 bits per heavy atom. The molecule has 0 radical (unpaired) electrons. The standard InChI is InChI=1S/C23H27N3O3/c1-5-16-8-6-7-9-19(16)24-20(27)14-26-21(28)23(4,25-22(26)29)18-12-10-17(11-13-18)15(2)3/h6-13,15H,5,14H2,1-4H3,(H,24,27)(H,25,29)/t23-/m1/s1. The van der Waals surface area contributed by atoms with Crippen molar-refractivity contribution in [2.75, 3.05) is 11.9 Å². The molecule has 4 amide bonds. The summed E-state index contributed by atoms with van der Waals surface area (Å²) >= 11 is 0. The van der Waals surface area contributed by atoms with Crippen LogP contribution in [0.3, 0.4) is 0 Å². The Morgan fingerprint density at radius 3 is 2.38 bits per heavy atom. The quantitative estimate of drug-likeness (QED) is 0.733. The molecule has 0 spiro atoms. The van der Waals surface area contributed by atoms with E-state index in [9.17, 15) is 14.4 Å². The van der Waals surface area contributed by atoms with Crippen LogP contribution in [0.5, 0.6) is 0 Å². The maximum atomic E-state index is 13.0. The van der Waals surface area contributed by atoms with Crippen LogP contribution in [0.2, 0.25) is 0 Å². The van der Waals surface area contributed by atoms with E-state index in [-0.39, 0.29) is 6.54 Å². The van der Waals surface area contributed by atoms with E-state index in [0.29, 0.717) is 17.2 Å². The second-order valence-electron chi connectivity index (χ2n) is 7.78. The number of hydrogen-bond donors (Lipinski definition) is 2. The van der Waals surface area contributed by atoms with Crippen LogP contribution in [-0.4, -0.2) is 29.3 Å². The summed E-state index contributed by atoms with van der Waals surface area (Å²) in [4.78, 5) is 39.0. The Balaban J connectivity index is 1.75. The van der Waals surface area contributed by atoms with Crippen LogP contribution < -0.4 is 10.6 Å². The molecule has 1 heterocycles. The highest BCUT2D eigenvalue weighted by Crippen LogP contribution is 2.30. The van der Waals surface area contributed by atoms with Crippen molar-refractivity contribution in [3.8, 4) is 0 Å². The van der Waals surface area contributed by atoms with Crippen LogP contribution in [0, 0.1) is 0 Å². The van der Waals surface area contributed by atoms with Crippen molar-refractivity contribution in [1.29, 1.82) is 0 Å². The van der Waals surface area contributed by atoms with E-state index >= 15 is 0 Å². The number of aryl methyl sites for hydroxylation is 1. The first-order valence-electron chi connectivity index (χ1n) is 9.88. The summed E-state index contributed by atoms with van der Waals surface area (Å²) in [6, 6.07) is 14.5. The van der Waals surface area contributed by atoms with Crippen molar-refractivity contribution in [2.45, 2.75) is 45.6 Å². The summed E-state index contributed by atoms with van der Waals surface area (Å²) in [5.74, 6) is -0.468. The van der Waals surface area contributed by atoms with E-state index in [1.165, 1.54) is 0 Å². The molecule has 3 rings (SSSR count). The second-order valence-corrected chi connectivity index (χ2v) is 7.78. The average molecular weight is 393 g/mol. The van der Waals surface area contributed by atoms with Crippen LogP contribution in [-0.2, 0) is 21.5 Å². The van der Waals surface area contributed by atoms with E-state index < -0.39 is 23.4 Å². The molecule has 1 atom stereocenters. The topological polar surface area (TPSA) is 78.5 Å². The fourth-order valence-electron chi connectivity index (χ4n) is 3.52. The predicted molar refractivity (Wildman–Crippen MR) is 113 cm³/mol. The highest BCUT2D eigenvalue weighted by molar-refractivity contribution is 6.10. The van der Waals surface area contributed by atoms with Crippen LogP contribution >= 0.6 is 0 Å². The summed E-state index contributed by atoms with van der Waals surface area (Å²) in [5.41, 5.74) is 2.35. The lowest BCUT2D eigenvalue weighted by molar-refractivity contribution is -0.133. The molecular formula is C23H27N3O3. The number of anilines is 1. The summed E-state index contributed by atoms with van der Waals surface area (Å²) in [6.07, 6.45) is 0.768. The molecule has 1 aliphatic rings. The van der Waals surface area contributed by atoms with Gasteiger partial charge in [0.25, 0.3) is 5.91 Å². The van der Waals surface area contributed by atoms with Gasteiger partial charge in [-0.2, -0.15) is 0 Å². The fraction of sp³-hybridized carbons (Fsp3) is 0.348. The predicted octanol–water partition coefficient (Wildman–Crippen LogP) is 3.78. The normalized spacial score (nSPS) is 18.9. The summed E-state index contributed by atoms with van der Waals surface area (Å²) in [5, 5.41) is 5.55. The van der Waals surface area contributed by atoms with Crippen LogP contribution in [0.4, 0.5) is 10.5 Å². The SMILES string of the molecule is CCc1ccccc1NC(=O)CN1C(=O)N[C@](C)(c2ccc(C(C)C)cc2)C1=O. The molecule has 29 heavy (non-hydrogen) atoms. The minimum atomic E-state index is -1.19. The van der Waals surface area contributed by atoms with Crippen LogP contribution in [0.1, 0.15) is 50.3 Å². The third-order valence-electron chi connectivity index (χ3n) is 5.40. The second kappa shape index (κ2) is 8.07. The van der Waals surface area contributed by atoms with Crippen LogP contribution in [0.25, 0.3) is 0 Å². The first-order valence-corrected chi connectivity index (χ1v) is 9.88. The van der Waals surface area contributed by atoms with Crippen molar-refractivity contribution >= 4 is 23.5 Å². The number of nitrogens with zero attached hydrogens (tertiary/aromatic N) is 1. The molecule has 2 aromatic carbocycles. The fourth-order valence-corrected chi connectivity index (χ4v) is 3.52. The Kier molecular flexibility index (Phi) is 5.73. The Hall–Kier alpha value is -3.15. The van der Waals surface area contributed by atoms with E-state index in [1.54, 1.807) is 6.92 Å². The van der Waals surface area contributed by atoms with Gasteiger partial charge in [-0.3, -0.25) is 14.5 Å². The van der Waals surface area contributed by atoms with Crippen molar-refractivity contribution < 1.29 is 14.4 Å². The molecule has 152 valence electrons. The third-order valence-corrected chi connectivity index (χ3v) is 5.40.